The molecule has 1 saturated heterocycles. The van der Waals surface area contributed by atoms with Gasteiger partial charge in [0.15, 0.2) is 0 Å². The Hall–Kier alpha value is -1.40. The lowest BCUT2D eigenvalue weighted by atomic mass is 10.1. The predicted octanol–water partition coefficient (Wildman–Crippen LogP) is 1.01. The molecule has 0 bridgehead atoms. The van der Waals surface area contributed by atoms with Crippen LogP contribution in [-0.4, -0.2) is 58.0 Å². The van der Waals surface area contributed by atoms with E-state index in [-0.39, 0.29) is 18.6 Å². The minimum absolute atomic E-state index is 0.0525. The zero-order chi connectivity index (χ0) is 15.2. The van der Waals surface area contributed by atoms with Crippen LogP contribution in [0.15, 0.2) is 12.4 Å². The second-order valence-electron chi connectivity index (χ2n) is 5.63. The number of anilines is 1. The largest absolute Gasteiger partial charge is 0.396 e. The molecule has 0 saturated carbocycles. The van der Waals surface area contributed by atoms with E-state index >= 15 is 0 Å². The summed E-state index contributed by atoms with van der Waals surface area (Å²) < 4.78 is 1.72. The lowest BCUT2D eigenvalue weighted by molar-refractivity contribution is -0.121. The Labute approximate surface area is 126 Å². The molecule has 1 aromatic heterocycles. The van der Waals surface area contributed by atoms with E-state index in [4.69, 9.17) is 5.11 Å². The molecule has 2 rings (SSSR count). The average molecular weight is 294 g/mol. The smallest absolute Gasteiger partial charge is 0.244 e. The van der Waals surface area contributed by atoms with Crippen LogP contribution in [0, 0.1) is 0 Å². The average Bonchev–Trinajstić information content (AvgIpc) is 3.05. The standard InChI is InChI=1S/C15H26N4O2/c1-3-4-7-18(8-5-10-20)14-6-9-19(15(14)21)13-11-16-17(2)12-13/h11-12,14,20H,3-10H2,1-2H3. The molecule has 6 nitrogen and oxygen atoms in total. The Kier molecular flexibility index (Phi) is 5.76. The van der Waals surface area contributed by atoms with Crippen LogP contribution in [0.1, 0.15) is 32.6 Å². The molecule has 0 radical (unpaired) electrons. The number of carbonyl (C=O) groups is 1. The zero-order valence-corrected chi connectivity index (χ0v) is 13.0. The summed E-state index contributed by atoms with van der Waals surface area (Å²) in [7, 11) is 1.86. The molecule has 1 aliphatic heterocycles. The highest BCUT2D eigenvalue weighted by Crippen LogP contribution is 2.24. The van der Waals surface area contributed by atoms with Crippen LogP contribution < -0.4 is 4.90 Å². The van der Waals surface area contributed by atoms with Crippen LogP contribution >= 0.6 is 0 Å². The normalized spacial score (nSPS) is 19.0. The number of rotatable bonds is 8. The molecule has 1 N–H and O–H groups in total. The van der Waals surface area contributed by atoms with Crippen LogP contribution in [0.2, 0.25) is 0 Å². The van der Waals surface area contributed by atoms with Crippen molar-refractivity contribution >= 4 is 11.6 Å². The number of amides is 1. The number of aromatic nitrogens is 2. The quantitative estimate of drug-likeness (QED) is 0.777. The first-order valence-electron chi connectivity index (χ1n) is 7.82. The monoisotopic (exact) mass is 294 g/mol. The lowest BCUT2D eigenvalue weighted by Gasteiger charge is -2.27. The zero-order valence-electron chi connectivity index (χ0n) is 13.0. The van der Waals surface area contributed by atoms with E-state index in [1.807, 2.05) is 18.1 Å². The van der Waals surface area contributed by atoms with Crippen molar-refractivity contribution in [3.63, 3.8) is 0 Å². The van der Waals surface area contributed by atoms with Crippen molar-refractivity contribution in [2.45, 2.75) is 38.6 Å². The maximum Gasteiger partial charge on any atom is 0.244 e. The van der Waals surface area contributed by atoms with Gasteiger partial charge in [-0.3, -0.25) is 14.4 Å². The molecular formula is C15H26N4O2. The molecule has 1 aromatic rings. The Morgan fingerprint density at radius 2 is 2.19 bits per heavy atom. The Morgan fingerprint density at radius 1 is 1.43 bits per heavy atom. The maximum absolute atomic E-state index is 12.7. The van der Waals surface area contributed by atoms with Crippen molar-refractivity contribution in [2.75, 3.05) is 31.1 Å². The topological polar surface area (TPSA) is 61.6 Å². The molecule has 21 heavy (non-hydrogen) atoms. The fourth-order valence-electron chi connectivity index (χ4n) is 2.87. The number of hydrogen-bond acceptors (Lipinski definition) is 4. The van der Waals surface area contributed by atoms with E-state index < -0.39 is 0 Å². The fourth-order valence-corrected chi connectivity index (χ4v) is 2.87. The highest BCUT2D eigenvalue weighted by Gasteiger charge is 2.36. The summed E-state index contributed by atoms with van der Waals surface area (Å²) in [6.07, 6.45) is 7.39. The Bertz CT molecular complexity index is 452. The second kappa shape index (κ2) is 7.56. The lowest BCUT2D eigenvalue weighted by Crippen LogP contribution is -2.43. The molecule has 6 heteroatoms. The summed E-state index contributed by atoms with van der Waals surface area (Å²) in [6.45, 7) is 4.79. The van der Waals surface area contributed by atoms with Gasteiger partial charge in [0.1, 0.15) is 0 Å². The van der Waals surface area contributed by atoms with Gasteiger partial charge in [-0.1, -0.05) is 13.3 Å². The predicted molar refractivity (Wildman–Crippen MR) is 82.1 cm³/mol. The van der Waals surface area contributed by atoms with Crippen molar-refractivity contribution < 1.29 is 9.90 Å². The van der Waals surface area contributed by atoms with Gasteiger partial charge in [0.25, 0.3) is 0 Å². The summed E-state index contributed by atoms with van der Waals surface area (Å²) in [4.78, 5) is 16.7. The molecule has 0 spiro atoms. The SMILES string of the molecule is CCCCN(CCCO)C1CCN(c2cnn(C)c2)C1=O. The third kappa shape index (κ3) is 3.83. The van der Waals surface area contributed by atoms with Gasteiger partial charge in [0.05, 0.1) is 17.9 Å². The van der Waals surface area contributed by atoms with Gasteiger partial charge < -0.3 is 10.0 Å². The molecule has 1 fully saturated rings. The van der Waals surface area contributed by atoms with Crippen molar-refractivity contribution in [2.24, 2.45) is 7.05 Å². The van der Waals surface area contributed by atoms with Gasteiger partial charge in [0.2, 0.25) is 5.91 Å². The van der Waals surface area contributed by atoms with Gasteiger partial charge in [0, 0.05) is 32.9 Å². The summed E-state index contributed by atoms with van der Waals surface area (Å²) in [5.41, 5.74) is 0.877. The van der Waals surface area contributed by atoms with Crippen molar-refractivity contribution in [1.29, 1.82) is 0 Å². The maximum atomic E-state index is 12.7. The number of hydrogen-bond donors (Lipinski definition) is 1. The number of unbranched alkanes of at least 4 members (excludes halogenated alkanes) is 1. The first-order chi connectivity index (χ1) is 10.2. The van der Waals surface area contributed by atoms with Crippen LogP contribution in [-0.2, 0) is 11.8 Å². The molecule has 1 aliphatic rings. The fraction of sp³-hybridized carbons (Fsp3) is 0.733. The number of nitrogens with zero attached hydrogens (tertiary/aromatic N) is 4. The van der Waals surface area contributed by atoms with E-state index in [1.165, 1.54) is 0 Å². The van der Waals surface area contributed by atoms with E-state index in [9.17, 15) is 4.79 Å². The van der Waals surface area contributed by atoms with E-state index in [0.717, 1.165) is 51.0 Å². The second-order valence-corrected chi connectivity index (χ2v) is 5.63. The molecule has 0 aliphatic carbocycles. The minimum Gasteiger partial charge on any atom is -0.396 e. The van der Waals surface area contributed by atoms with Gasteiger partial charge >= 0.3 is 0 Å². The molecule has 1 amide bonds. The van der Waals surface area contributed by atoms with Crippen molar-refractivity contribution in [1.82, 2.24) is 14.7 Å². The van der Waals surface area contributed by atoms with Crippen LogP contribution in [0.25, 0.3) is 0 Å². The summed E-state index contributed by atoms with van der Waals surface area (Å²) in [5.74, 6) is 0.164. The minimum atomic E-state index is -0.0525. The molecule has 0 aromatic carbocycles. The van der Waals surface area contributed by atoms with Crippen molar-refractivity contribution in [3.05, 3.63) is 12.4 Å². The Morgan fingerprint density at radius 3 is 2.81 bits per heavy atom. The first-order valence-corrected chi connectivity index (χ1v) is 7.82. The van der Waals surface area contributed by atoms with Crippen LogP contribution in [0.5, 0.6) is 0 Å². The van der Waals surface area contributed by atoms with E-state index in [1.54, 1.807) is 10.9 Å². The summed E-state index contributed by atoms with van der Waals surface area (Å²) in [5, 5.41) is 13.2. The molecule has 1 atom stereocenters. The number of aryl methyl sites for hydroxylation is 1. The van der Waals surface area contributed by atoms with Gasteiger partial charge in [-0.05, 0) is 25.8 Å². The summed E-state index contributed by atoms with van der Waals surface area (Å²) in [6, 6.07) is -0.0525. The highest BCUT2D eigenvalue weighted by molar-refractivity contribution is 5.99. The van der Waals surface area contributed by atoms with E-state index in [0.29, 0.717) is 0 Å². The van der Waals surface area contributed by atoms with Gasteiger partial charge in [-0.15, -0.1) is 0 Å². The molecule has 118 valence electrons. The van der Waals surface area contributed by atoms with Crippen LogP contribution in [0.3, 0.4) is 0 Å². The van der Waals surface area contributed by atoms with Gasteiger partial charge in [-0.25, -0.2) is 0 Å². The first kappa shape index (κ1) is 16.0. The highest BCUT2D eigenvalue weighted by atomic mass is 16.3. The number of aliphatic hydroxyl groups is 1. The third-order valence-electron chi connectivity index (χ3n) is 4.02. The van der Waals surface area contributed by atoms with Crippen LogP contribution in [0.4, 0.5) is 5.69 Å². The number of aliphatic hydroxyl groups excluding tert-OH is 1. The third-order valence-corrected chi connectivity index (χ3v) is 4.02. The van der Waals surface area contributed by atoms with E-state index in [2.05, 4.69) is 16.9 Å². The number of carbonyl (C=O) groups excluding carboxylic acids is 1. The van der Waals surface area contributed by atoms with Gasteiger partial charge in [-0.2, -0.15) is 5.10 Å². The molecule has 2 heterocycles. The Balaban J connectivity index is 2.03. The van der Waals surface area contributed by atoms with Crippen molar-refractivity contribution in [3.8, 4) is 0 Å². The molecular weight excluding hydrogens is 268 g/mol. The molecule has 1 unspecified atom stereocenters. The summed E-state index contributed by atoms with van der Waals surface area (Å²) >= 11 is 0.